The topological polar surface area (TPSA) is 3.24 Å². The number of rotatable bonds is 4. The largest absolute Gasteiger partial charge is 0.310 e. The maximum absolute atomic E-state index is 2.53. The third kappa shape index (κ3) is 4.29. The summed E-state index contributed by atoms with van der Waals surface area (Å²) in [7, 11) is 0. The van der Waals surface area contributed by atoms with E-state index in [0.717, 1.165) is 0 Å². The molecule has 1 aliphatic carbocycles. The highest BCUT2D eigenvalue weighted by Crippen LogP contribution is 2.55. The molecule has 0 radical (unpaired) electrons. The van der Waals surface area contributed by atoms with Crippen LogP contribution in [0.4, 0.5) is 17.1 Å². The molecule has 7 aromatic carbocycles. The van der Waals surface area contributed by atoms with Crippen molar-refractivity contribution in [2.45, 2.75) is 26.2 Å². The minimum Gasteiger partial charge on any atom is -0.310 e. The van der Waals surface area contributed by atoms with Crippen molar-refractivity contribution in [1.82, 2.24) is 0 Å². The molecule has 0 atom stereocenters. The summed E-state index contributed by atoms with van der Waals surface area (Å²) < 4.78 is 5.28. The fraction of sp³-hybridized carbons (Fsp3) is 0.0870. The Kier molecular flexibility index (Phi) is 6.24. The molecule has 0 saturated heterocycles. The third-order valence-corrected chi connectivity index (χ3v) is 12.8. The molecule has 234 valence electrons. The molecule has 10 rings (SSSR count). The molecule has 1 nitrogen and oxygen atoms in total. The van der Waals surface area contributed by atoms with Crippen molar-refractivity contribution in [3.8, 4) is 22.3 Å². The fourth-order valence-electron chi connectivity index (χ4n) is 8.16. The second-order valence-corrected chi connectivity index (χ2v) is 16.0. The summed E-state index contributed by atoms with van der Waals surface area (Å²) in [5, 5.41) is 5.24. The van der Waals surface area contributed by atoms with Crippen LogP contribution < -0.4 is 4.90 Å². The molecule has 0 N–H and O–H groups in total. The number of fused-ring (bicyclic) bond motifs is 9. The van der Waals surface area contributed by atoms with Gasteiger partial charge < -0.3 is 4.90 Å². The van der Waals surface area contributed by atoms with E-state index in [0.29, 0.717) is 0 Å². The highest BCUT2D eigenvalue weighted by atomic mass is 32.1. The Morgan fingerprint density at radius 2 is 1.24 bits per heavy atom. The molecule has 1 aliphatic rings. The number of nitrogens with zero attached hydrogens (tertiary/aromatic N) is 1. The predicted octanol–water partition coefficient (Wildman–Crippen LogP) is 14.2. The van der Waals surface area contributed by atoms with Gasteiger partial charge in [-0.2, -0.15) is 0 Å². The second-order valence-electron chi connectivity index (χ2n) is 13.8. The van der Waals surface area contributed by atoms with Gasteiger partial charge in [-0.05, 0) is 100 Å². The highest BCUT2D eigenvalue weighted by Gasteiger charge is 2.38. The van der Waals surface area contributed by atoms with Crippen LogP contribution in [0.3, 0.4) is 0 Å². The molecule has 0 unspecified atom stereocenters. The lowest BCUT2D eigenvalue weighted by Crippen LogP contribution is -2.17. The molecule has 3 heteroatoms. The van der Waals surface area contributed by atoms with E-state index in [1.807, 2.05) is 22.7 Å². The highest BCUT2D eigenvalue weighted by molar-refractivity contribution is 7.26. The number of hydrogen-bond acceptors (Lipinski definition) is 3. The number of anilines is 3. The minimum absolute atomic E-state index is 0.150. The van der Waals surface area contributed by atoms with Crippen LogP contribution in [-0.4, -0.2) is 0 Å². The maximum atomic E-state index is 2.53. The Morgan fingerprint density at radius 3 is 2.14 bits per heavy atom. The number of thiophene rings is 2. The zero-order valence-electron chi connectivity index (χ0n) is 27.6. The first-order valence-corrected chi connectivity index (χ1v) is 18.6. The van der Waals surface area contributed by atoms with Gasteiger partial charge in [0, 0.05) is 57.1 Å². The van der Waals surface area contributed by atoms with E-state index >= 15 is 0 Å². The molecule has 49 heavy (non-hydrogen) atoms. The van der Waals surface area contributed by atoms with Crippen LogP contribution in [0.25, 0.3) is 62.6 Å². The third-order valence-electron chi connectivity index (χ3n) is 10.5. The van der Waals surface area contributed by atoms with Crippen LogP contribution in [0.2, 0.25) is 0 Å². The summed E-state index contributed by atoms with van der Waals surface area (Å²) in [5.74, 6) is 0. The fourth-order valence-corrected chi connectivity index (χ4v) is 10.5. The lowest BCUT2D eigenvalue weighted by Gasteiger charge is -2.30. The summed E-state index contributed by atoms with van der Waals surface area (Å²) >= 11 is 3.76. The van der Waals surface area contributed by atoms with Gasteiger partial charge in [-0.15, -0.1) is 22.7 Å². The Hall–Kier alpha value is -5.22. The molecule has 0 bridgehead atoms. The smallest absolute Gasteiger partial charge is 0.0554 e. The van der Waals surface area contributed by atoms with E-state index in [1.54, 1.807) is 0 Å². The Bertz CT molecular complexity index is 2760. The summed E-state index contributed by atoms with van der Waals surface area (Å²) in [6.45, 7) is 6.96. The average Bonchev–Trinajstić information content (AvgIpc) is 3.76. The van der Waals surface area contributed by atoms with Gasteiger partial charge in [-0.25, -0.2) is 0 Å². The quantitative estimate of drug-likeness (QED) is 0.181. The summed E-state index contributed by atoms with van der Waals surface area (Å²) in [5.41, 5.74) is 12.7. The molecule has 0 aliphatic heterocycles. The van der Waals surface area contributed by atoms with Crippen molar-refractivity contribution in [2.75, 3.05) is 4.90 Å². The van der Waals surface area contributed by atoms with Gasteiger partial charge in [-0.3, -0.25) is 0 Å². The molecule has 0 fully saturated rings. The molecule has 9 aromatic rings. The van der Waals surface area contributed by atoms with Gasteiger partial charge in [0.05, 0.1) is 5.69 Å². The Morgan fingerprint density at radius 1 is 0.490 bits per heavy atom. The van der Waals surface area contributed by atoms with Gasteiger partial charge in [-0.1, -0.05) is 105 Å². The second kappa shape index (κ2) is 10.6. The van der Waals surface area contributed by atoms with Crippen LogP contribution in [0.15, 0.2) is 146 Å². The predicted molar refractivity (Wildman–Crippen MR) is 215 cm³/mol. The summed E-state index contributed by atoms with van der Waals surface area (Å²) in [4.78, 5) is 2.53. The number of hydrogen-bond donors (Lipinski definition) is 0. The van der Waals surface area contributed by atoms with Crippen LogP contribution in [-0.2, 0) is 5.41 Å². The maximum Gasteiger partial charge on any atom is 0.0554 e. The zero-order chi connectivity index (χ0) is 32.9. The van der Waals surface area contributed by atoms with E-state index in [1.165, 1.54) is 96.4 Å². The Balaban J connectivity index is 1.32. The first kappa shape index (κ1) is 28.8. The zero-order valence-corrected chi connectivity index (χ0v) is 29.3. The van der Waals surface area contributed by atoms with Gasteiger partial charge in [0.2, 0.25) is 0 Å². The molecule has 2 aromatic heterocycles. The van der Waals surface area contributed by atoms with Gasteiger partial charge in [0.15, 0.2) is 0 Å². The van der Waals surface area contributed by atoms with E-state index in [2.05, 4.69) is 171 Å². The molecule has 0 saturated carbocycles. The van der Waals surface area contributed by atoms with Crippen molar-refractivity contribution >= 4 is 80.1 Å². The van der Waals surface area contributed by atoms with Gasteiger partial charge >= 0.3 is 0 Å². The van der Waals surface area contributed by atoms with Crippen LogP contribution >= 0.6 is 22.7 Å². The number of benzene rings is 7. The lowest BCUT2D eigenvalue weighted by atomic mass is 9.81. The van der Waals surface area contributed by atoms with Crippen molar-refractivity contribution in [2.24, 2.45) is 0 Å². The Labute approximate surface area is 294 Å². The minimum atomic E-state index is -0.150. The summed E-state index contributed by atoms with van der Waals surface area (Å²) in [6, 6.07) is 54.5. The van der Waals surface area contributed by atoms with Crippen molar-refractivity contribution in [3.63, 3.8) is 0 Å². The molecule has 2 heterocycles. The van der Waals surface area contributed by atoms with E-state index < -0.39 is 0 Å². The SMILES string of the molecule is Cc1ccc2c(c1)sc1cccc(N(c3cc(-c4ccccc4)c4c(c3)C(C)(C)c3ccccc3-4)c3ccc4sc5ccccc5c4c3)c12. The van der Waals surface area contributed by atoms with Gasteiger partial charge in [0.1, 0.15) is 0 Å². The van der Waals surface area contributed by atoms with Crippen molar-refractivity contribution < 1.29 is 0 Å². The van der Waals surface area contributed by atoms with Crippen molar-refractivity contribution in [3.05, 3.63) is 162 Å². The first-order chi connectivity index (χ1) is 24.0. The molecule has 0 spiro atoms. The van der Waals surface area contributed by atoms with E-state index in [-0.39, 0.29) is 5.41 Å². The average molecular weight is 664 g/mol. The number of aryl methyl sites for hydroxylation is 1. The van der Waals surface area contributed by atoms with Crippen LogP contribution in [0.1, 0.15) is 30.5 Å². The van der Waals surface area contributed by atoms with Gasteiger partial charge in [0.25, 0.3) is 0 Å². The van der Waals surface area contributed by atoms with E-state index in [9.17, 15) is 0 Å². The first-order valence-electron chi connectivity index (χ1n) is 16.9. The monoisotopic (exact) mass is 663 g/mol. The van der Waals surface area contributed by atoms with E-state index in [4.69, 9.17) is 0 Å². The van der Waals surface area contributed by atoms with Crippen LogP contribution in [0, 0.1) is 6.92 Å². The van der Waals surface area contributed by atoms with Crippen molar-refractivity contribution in [1.29, 1.82) is 0 Å². The lowest BCUT2D eigenvalue weighted by molar-refractivity contribution is 0.660. The van der Waals surface area contributed by atoms with Crippen LogP contribution in [0.5, 0.6) is 0 Å². The molecular weight excluding hydrogens is 631 g/mol. The molecule has 0 amide bonds. The normalized spacial score (nSPS) is 13.4. The summed E-state index contributed by atoms with van der Waals surface area (Å²) in [6.07, 6.45) is 0. The standard InChI is InChI=1S/C46H33NS2/c1-28-20-22-34-43(24-28)49-42-19-11-17-39(45(34)42)47(30-21-23-41-36(25-30)32-14-8-10-18-40(32)48-41)31-26-35(29-12-5-4-6-13-29)44-33-15-7-9-16-37(33)46(2,3)38(44)27-31/h4-27H,1-3H3. The molecular formula is C46H33NS2.